The molecule has 40 heavy (non-hydrogen) atoms. The lowest BCUT2D eigenvalue weighted by Crippen LogP contribution is -2.13. The van der Waals surface area contributed by atoms with Crippen LogP contribution in [0, 0.1) is 0 Å². The summed E-state index contributed by atoms with van der Waals surface area (Å²) in [4.78, 5) is 61.2. The Morgan fingerprint density at radius 3 is 1.57 bits per heavy atom. The van der Waals surface area contributed by atoms with E-state index in [0.717, 1.165) is 0 Å². The van der Waals surface area contributed by atoms with Crippen molar-refractivity contribution in [3.05, 3.63) is 102 Å². The van der Waals surface area contributed by atoms with Crippen molar-refractivity contribution in [3.8, 4) is 23.0 Å². The summed E-state index contributed by atoms with van der Waals surface area (Å²) in [6, 6.07) is 8.14. The molecule has 9 nitrogen and oxygen atoms in total. The van der Waals surface area contributed by atoms with Crippen molar-refractivity contribution in [2.45, 2.75) is 27.7 Å². The molecule has 0 saturated carbocycles. The van der Waals surface area contributed by atoms with Gasteiger partial charge >= 0.3 is 23.9 Å². The Kier molecular flexibility index (Phi) is 10.4. The average molecular weight is 545 g/mol. The molecule has 0 aliphatic carbocycles. The zero-order valence-electron chi connectivity index (χ0n) is 22.6. The van der Waals surface area contributed by atoms with E-state index in [4.69, 9.17) is 18.9 Å². The summed E-state index contributed by atoms with van der Waals surface area (Å²) >= 11 is 0. The van der Waals surface area contributed by atoms with Crippen LogP contribution in [0.3, 0.4) is 0 Å². The van der Waals surface area contributed by atoms with Crippen molar-refractivity contribution in [1.29, 1.82) is 0 Å². The van der Waals surface area contributed by atoms with E-state index in [1.165, 1.54) is 76.2 Å². The summed E-state index contributed by atoms with van der Waals surface area (Å²) in [5, 5.41) is 0. The largest absolute Gasteiger partial charge is 0.423 e. The fourth-order valence-corrected chi connectivity index (χ4v) is 2.65. The van der Waals surface area contributed by atoms with Gasteiger partial charge in [0.2, 0.25) is 0 Å². The molecule has 0 N–H and O–H groups in total. The van der Waals surface area contributed by atoms with Crippen LogP contribution in [0.15, 0.2) is 91.1 Å². The second kappa shape index (κ2) is 13.5. The van der Waals surface area contributed by atoms with Crippen LogP contribution >= 0.6 is 0 Å². The second-order valence-corrected chi connectivity index (χ2v) is 8.74. The molecule has 2 aromatic carbocycles. The van der Waals surface area contributed by atoms with Crippen molar-refractivity contribution >= 4 is 35.7 Å². The summed E-state index contributed by atoms with van der Waals surface area (Å²) < 4.78 is 21.0. The molecule has 0 aliphatic rings. The standard InChI is InChI=1S/C31H28O9/c1-17(2)28(33)37-23-12-9-21(26(16-23)39-30(35)19(5)6)10-13-24(32)22-11-14-25(38-29(34)18(3)4)27(15-22)40-31(36)20(7)8/h9-16H,1,3,5,7H2,2,4,6,8H3/b13-10+. The lowest BCUT2D eigenvalue weighted by atomic mass is 10.1. The van der Waals surface area contributed by atoms with Crippen molar-refractivity contribution in [3.63, 3.8) is 0 Å². The van der Waals surface area contributed by atoms with Crippen molar-refractivity contribution in [1.82, 2.24) is 0 Å². The normalized spacial score (nSPS) is 10.3. The van der Waals surface area contributed by atoms with Crippen molar-refractivity contribution < 1.29 is 42.9 Å². The molecule has 0 spiro atoms. The van der Waals surface area contributed by atoms with Gasteiger partial charge in [-0.15, -0.1) is 0 Å². The Morgan fingerprint density at radius 2 is 1.05 bits per heavy atom. The molecule has 0 aromatic heterocycles. The maximum absolute atomic E-state index is 13.0. The van der Waals surface area contributed by atoms with Gasteiger partial charge in [-0.2, -0.15) is 0 Å². The van der Waals surface area contributed by atoms with E-state index in [0.29, 0.717) is 5.56 Å². The number of benzene rings is 2. The van der Waals surface area contributed by atoms with E-state index in [1.807, 2.05) is 0 Å². The first-order valence-corrected chi connectivity index (χ1v) is 11.7. The van der Waals surface area contributed by atoms with Gasteiger partial charge in [0.25, 0.3) is 0 Å². The van der Waals surface area contributed by atoms with E-state index in [9.17, 15) is 24.0 Å². The van der Waals surface area contributed by atoms with Crippen LogP contribution in [0.4, 0.5) is 0 Å². The smallest absolute Gasteiger partial charge is 0.338 e. The monoisotopic (exact) mass is 544 g/mol. The first kappa shape index (κ1) is 30.9. The lowest BCUT2D eigenvalue weighted by Gasteiger charge is -2.12. The first-order chi connectivity index (χ1) is 18.7. The Labute approximate surface area is 231 Å². The molecule has 0 unspecified atom stereocenters. The van der Waals surface area contributed by atoms with E-state index >= 15 is 0 Å². The number of hydrogen-bond donors (Lipinski definition) is 0. The highest BCUT2D eigenvalue weighted by Crippen LogP contribution is 2.31. The molecule has 206 valence electrons. The number of ether oxygens (including phenoxy) is 4. The number of carbonyl (C=O) groups excluding carboxylic acids is 5. The zero-order chi connectivity index (χ0) is 30.1. The van der Waals surface area contributed by atoms with Crippen molar-refractivity contribution in [2.24, 2.45) is 0 Å². The summed E-state index contributed by atoms with van der Waals surface area (Å²) in [5.74, 6) is -3.65. The van der Waals surface area contributed by atoms with Crippen LogP contribution in [0.5, 0.6) is 23.0 Å². The lowest BCUT2D eigenvalue weighted by molar-refractivity contribution is -0.132. The van der Waals surface area contributed by atoms with Gasteiger partial charge in [-0.05, 0) is 70.2 Å². The van der Waals surface area contributed by atoms with Gasteiger partial charge in [0.05, 0.1) is 0 Å². The van der Waals surface area contributed by atoms with Gasteiger partial charge in [-0.25, -0.2) is 19.2 Å². The summed E-state index contributed by atoms with van der Waals surface area (Å²) in [7, 11) is 0. The Hall–Kier alpha value is -5.31. The summed E-state index contributed by atoms with van der Waals surface area (Å²) in [6.45, 7) is 19.9. The average Bonchev–Trinajstić information content (AvgIpc) is 2.88. The summed E-state index contributed by atoms with van der Waals surface area (Å²) in [6.07, 6.45) is 2.56. The van der Waals surface area contributed by atoms with E-state index in [2.05, 4.69) is 26.3 Å². The van der Waals surface area contributed by atoms with Crippen LogP contribution in [0.1, 0.15) is 43.6 Å². The number of esters is 4. The third kappa shape index (κ3) is 8.63. The predicted octanol–water partition coefficient (Wildman–Crippen LogP) is 5.51. The third-order valence-corrected chi connectivity index (χ3v) is 4.84. The summed E-state index contributed by atoms with van der Waals surface area (Å²) in [5.41, 5.74) is 0.887. The van der Waals surface area contributed by atoms with Crippen LogP contribution in [0.2, 0.25) is 0 Å². The molecule has 0 heterocycles. The quantitative estimate of drug-likeness (QED) is 0.156. The maximum atomic E-state index is 13.0. The van der Waals surface area contributed by atoms with Gasteiger partial charge in [-0.3, -0.25) is 4.79 Å². The zero-order valence-corrected chi connectivity index (χ0v) is 22.6. The SMILES string of the molecule is C=C(C)C(=O)Oc1ccc(/C=C/C(=O)c2ccc(OC(=O)C(=C)C)c(OC(=O)C(=C)C)c2)c(OC(=O)C(=C)C)c1. The molecule has 2 rings (SSSR count). The van der Waals surface area contributed by atoms with Crippen molar-refractivity contribution in [2.75, 3.05) is 0 Å². The number of allylic oxidation sites excluding steroid dienone is 1. The maximum Gasteiger partial charge on any atom is 0.338 e. The number of ketones is 1. The van der Waals surface area contributed by atoms with E-state index in [1.54, 1.807) is 0 Å². The van der Waals surface area contributed by atoms with Crippen LogP contribution < -0.4 is 18.9 Å². The first-order valence-electron chi connectivity index (χ1n) is 11.7. The molecule has 0 atom stereocenters. The van der Waals surface area contributed by atoms with Gasteiger partial charge < -0.3 is 18.9 Å². The van der Waals surface area contributed by atoms with Crippen LogP contribution in [-0.4, -0.2) is 29.7 Å². The highest BCUT2D eigenvalue weighted by molar-refractivity contribution is 6.07. The van der Waals surface area contributed by atoms with E-state index < -0.39 is 29.7 Å². The molecule has 9 heteroatoms. The Bertz CT molecular complexity index is 1490. The molecular weight excluding hydrogens is 516 g/mol. The van der Waals surface area contributed by atoms with Gasteiger partial charge in [-0.1, -0.05) is 26.3 Å². The molecule has 0 fully saturated rings. The molecule has 0 radical (unpaired) electrons. The van der Waals surface area contributed by atoms with Gasteiger partial charge in [0.15, 0.2) is 17.3 Å². The molecule has 0 saturated heterocycles. The fourth-order valence-electron chi connectivity index (χ4n) is 2.65. The Morgan fingerprint density at radius 1 is 0.575 bits per heavy atom. The number of rotatable bonds is 11. The second-order valence-electron chi connectivity index (χ2n) is 8.74. The predicted molar refractivity (Wildman–Crippen MR) is 148 cm³/mol. The molecule has 0 aliphatic heterocycles. The number of hydrogen-bond acceptors (Lipinski definition) is 9. The van der Waals surface area contributed by atoms with Crippen LogP contribution in [0.25, 0.3) is 6.08 Å². The number of carbonyl (C=O) groups is 5. The van der Waals surface area contributed by atoms with Gasteiger partial charge in [0, 0.05) is 39.5 Å². The highest BCUT2D eigenvalue weighted by atomic mass is 16.6. The minimum absolute atomic E-state index is 0.00203. The topological polar surface area (TPSA) is 122 Å². The van der Waals surface area contributed by atoms with Gasteiger partial charge in [0.1, 0.15) is 11.5 Å². The molecular formula is C31H28O9. The molecule has 2 aromatic rings. The van der Waals surface area contributed by atoms with Crippen LogP contribution in [-0.2, 0) is 19.2 Å². The molecule has 0 bridgehead atoms. The minimum Gasteiger partial charge on any atom is -0.423 e. The third-order valence-electron chi connectivity index (χ3n) is 4.84. The van der Waals surface area contributed by atoms with E-state index in [-0.39, 0.29) is 50.9 Å². The minimum atomic E-state index is -0.788. The molecule has 0 amide bonds. The fraction of sp³-hybridized carbons (Fsp3) is 0.129. The highest BCUT2D eigenvalue weighted by Gasteiger charge is 2.18. The Balaban J connectivity index is 2.43.